The number of benzene rings is 2. The zero-order valence-electron chi connectivity index (χ0n) is 16.3. The largest absolute Gasteiger partial charge is 0.497 e. The summed E-state index contributed by atoms with van der Waals surface area (Å²) in [6.07, 6.45) is 1.63. The lowest BCUT2D eigenvalue weighted by molar-refractivity contribution is -0.123. The highest BCUT2D eigenvalue weighted by atomic mass is 32.2. The van der Waals surface area contributed by atoms with E-state index in [9.17, 15) is 9.59 Å². The van der Waals surface area contributed by atoms with Crippen molar-refractivity contribution in [3.05, 3.63) is 52.9 Å². The SMILES string of the molecule is COc1ccc(OC)c(/C=C2\SC(=O)N(CCOc3ccccc3OC)C2=O)c1. The zero-order valence-corrected chi connectivity index (χ0v) is 17.2. The molecule has 0 atom stereocenters. The van der Waals surface area contributed by atoms with Crippen LogP contribution in [0.3, 0.4) is 0 Å². The summed E-state index contributed by atoms with van der Waals surface area (Å²) >= 11 is 0.885. The Morgan fingerprint density at radius 3 is 2.34 bits per heavy atom. The standard InChI is InChI=1S/C21H21NO6S/c1-25-15-8-9-16(26-2)14(12-15)13-19-20(23)22(21(24)29-19)10-11-28-18-7-5-4-6-17(18)27-3/h4-9,12-13H,10-11H2,1-3H3/b19-13-. The summed E-state index contributed by atoms with van der Waals surface area (Å²) in [5, 5.41) is -0.341. The predicted molar refractivity (Wildman–Crippen MR) is 111 cm³/mol. The third-order valence-corrected chi connectivity index (χ3v) is 5.15. The van der Waals surface area contributed by atoms with Gasteiger partial charge in [0, 0.05) is 5.56 Å². The number of rotatable bonds is 8. The fourth-order valence-corrected chi connectivity index (χ4v) is 3.63. The van der Waals surface area contributed by atoms with Gasteiger partial charge in [-0.15, -0.1) is 0 Å². The van der Waals surface area contributed by atoms with E-state index < -0.39 is 0 Å². The average molecular weight is 415 g/mol. The van der Waals surface area contributed by atoms with E-state index in [0.29, 0.717) is 33.5 Å². The van der Waals surface area contributed by atoms with E-state index in [1.165, 1.54) is 4.90 Å². The van der Waals surface area contributed by atoms with Crippen molar-refractivity contribution in [2.75, 3.05) is 34.5 Å². The second-order valence-corrected chi connectivity index (χ2v) is 6.93. The third-order valence-electron chi connectivity index (χ3n) is 4.24. The Labute approximate surface area is 173 Å². The molecule has 0 unspecified atom stereocenters. The van der Waals surface area contributed by atoms with Crippen molar-refractivity contribution in [1.29, 1.82) is 0 Å². The van der Waals surface area contributed by atoms with Crippen LogP contribution in [0, 0.1) is 0 Å². The van der Waals surface area contributed by atoms with Gasteiger partial charge in [-0.2, -0.15) is 0 Å². The molecule has 152 valence electrons. The topological polar surface area (TPSA) is 74.3 Å². The predicted octanol–water partition coefficient (Wildman–Crippen LogP) is 3.83. The summed E-state index contributed by atoms with van der Waals surface area (Å²) in [5.41, 5.74) is 0.655. The fourth-order valence-electron chi connectivity index (χ4n) is 2.77. The van der Waals surface area contributed by atoms with E-state index in [0.717, 1.165) is 11.8 Å². The first-order valence-electron chi connectivity index (χ1n) is 8.80. The lowest BCUT2D eigenvalue weighted by Crippen LogP contribution is -2.32. The third kappa shape index (κ3) is 4.65. The van der Waals surface area contributed by atoms with E-state index in [-0.39, 0.29) is 24.3 Å². The minimum Gasteiger partial charge on any atom is -0.497 e. The molecule has 1 heterocycles. The van der Waals surface area contributed by atoms with Crippen molar-refractivity contribution < 1.29 is 28.5 Å². The fraction of sp³-hybridized carbons (Fsp3) is 0.238. The highest BCUT2D eigenvalue weighted by molar-refractivity contribution is 8.18. The van der Waals surface area contributed by atoms with Crippen molar-refractivity contribution in [2.24, 2.45) is 0 Å². The van der Waals surface area contributed by atoms with Crippen LogP contribution < -0.4 is 18.9 Å². The average Bonchev–Trinajstić information content (AvgIpc) is 3.01. The van der Waals surface area contributed by atoms with Crippen molar-refractivity contribution in [3.63, 3.8) is 0 Å². The Balaban J connectivity index is 1.70. The van der Waals surface area contributed by atoms with Gasteiger partial charge in [0.2, 0.25) is 0 Å². The smallest absolute Gasteiger partial charge is 0.293 e. The second kappa shape index (κ2) is 9.38. The monoisotopic (exact) mass is 415 g/mol. The van der Waals surface area contributed by atoms with Gasteiger partial charge in [-0.1, -0.05) is 12.1 Å². The van der Waals surface area contributed by atoms with Crippen molar-refractivity contribution >= 4 is 29.0 Å². The minimum atomic E-state index is -0.367. The zero-order chi connectivity index (χ0) is 20.8. The molecular formula is C21H21NO6S. The number of imide groups is 1. The molecule has 1 aliphatic heterocycles. The van der Waals surface area contributed by atoms with Crippen molar-refractivity contribution in [1.82, 2.24) is 4.90 Å². The molecule has 29 heavy (non-hydrogen) atoms. The summed E-state index contributed by atoms with van der Waals surface area (Å²) in [6, 6.07) is 12.5. The number of para-hydroxylation sites is 2. The molecule has 0 bridgehead atoms. The Kier molecular flexibility index (Phi) is 6.66. The summed E-state index contributed by atoms with van der Waals surface area (Å²) in [4.78, 5) is 26.5. The Bertz CT molecular complexity index is 943. The normalized spacial score (nSPS) is 15.0. The van der Waals surface area contributed by atoms with Gasteiger partial charge < -0.3 is 18.9 Å². The molecule has 8 heteroatoms. The maximum atomic E-state index is 12.7. The second-order valence-electron chi connectivity index (χ2n) is 5.94. The molecule has 2 aromatic carbocycles. The van der Waals surface area contributed by atoms with Gasteiger partial charge in [0.25, 0.3) is 11.1 Å². The first-order chi connectivity index (χ1) is 14.1. The summed E-state index contributed by atoms with van der Waals surface area (Å²) in [5.74, 6) is 1.98. The first-order valence-corrected chi connectivity index (χ1v) is 9.62. The van der Waals surface area contributed by atoms with Crippen LogP contribution in [0.4, 0.5) is 4.79 Å². The van der Waals surface area contributed by atoms with E-state index >= 15 is 0 Å². The van der Waals surface area contributed by atoms with Gasteiger partial charge in [-0.25, -0.2) is 0 Å². The maximum Gasteiger partial charge on any atom is 0.293 e. The molecule has 0 aromatic heterocycles. The summed E-state index contributed by atoms with van der Waals surface area (Å²) in [7, 11) is 4.65. The van der Waals surface area contributed by atoms with E-state index in [4.69, 9.17) is 18.9 Å². The maximum absolute atomic E-state index is 12.7. The number of carbonyl (C=O) groups is 2. The molecule has 1 saturated heterocycles. The first kappa shape index (κ1) is 20.6. The summed E-state index contributed by atoms with van der Waals surface area (Å²) < 4.78 is 21.4. The lowest BCUT2D eigenvalue weighted by atomic mass is 10.1. The van der Waals surface area contributed by atoms with Crippen LogP contribution in [-0.4, -0.2) is 50.5 Å². The molecule has 2 aromatic rings. The number of carbonyl (C=O) groups excluding carboxylic acids is 2. The van der Waals surface area contributed by atoms with Crippen molar-refractivity contribution in [2.45, 2.75) is 0 Å². The van der Waals surface area contributed by atoms with Crippen LogP contribution in [0.2, 0.25) is 0 Å². The molecule has 0 spiro atoms. The van der Waals surface area contributed by atoms with Gasteiger partial charge in [-0.3, -0.25) is 14.5 Å². The number of nitrogens with zero attached hydrogens (tertiary/aromatic N) is 1. The highest BCUT2D eigenvalue weighted by Gasteiger charge is 2.35. The molecule has 0 N–H and O–H groups in total. The molecule has 7 nitrogen and oxygen atoms in total. The van der Waals surface area contributed by atoms with Gasteiger partial charge in [0.15, 0.2) is 11.5 Å². The van der Waals surface area contributed by atoms with Gasteiger partial charge >= 0.3 is 0 Å². The number of amides is 2. The number of methoxy groups -OCH3 is 3. The molecule has 2 amide bonds. The van der Waals surface area contributed by atoms with E-state index in [1.54, 1.807) is 57.7 Å². The van der Waals surface area contributed by atoms with E-state index in [1.807, 2.05) is 12.1 Å². The minimum absolute atomic E-state index is 0.134. The van der Waals surface area contributed by atoms with Crippen LogP contribution in [0.25, 0.3) is 6.08 Å². The molecule has 1 aliphatic rings. The van der Waals surface area contributed by atoms with Crippen LogP contribution in [0.1, 0.15) is 5.56 Å². The lowest BCUT2D eigenvalue weighted by Gasteiger charge is -2.14. The highest BCUT2D eigenvalue weighted by Crippen LogP contribution is 2.35. The molecular weight excluding hydrogens is 394 g/mol. The summed E-state index contributed by atoms with van der Waals surface area (Å²) in [6.45, 7) is 0.295. The molecule has 0 aliphatic carbocycles. The number of hydrogen-bond acceptors (Lipinski definition) is 7. The molecule has 3 rings (SSSR count). The quantitative estimate of drug-likeness (QED) is 0.607. The van der Waals surface area contributed by atoms with Crippen LogP contribution in [-0.2, 0) is 4.79 Å². The molecule has 1 fully saturated rings. The van der Waals surface area contributed by atoms with Crippen molar-refractivity contribution in [3.8, 4) is 23.0 Å². The van der Waals surface area contributed by atoms with E-state index in [2.05, 4.69) is 0 Å². The number of hydrogen-bond donors (Lipinski definition) is 0. The number of ether oxygens (including phenoxy) is 4. The Morgan fingerprint density at radius 2 is 1.66 bits per heavy atom. The Morgan fingerprint density at radius 1 is 0.931 bits per heavy atom. The molecule has 0 radical (unpaired) electrons. The van der Waals surface area contributed by atoms with Crippen LogP contribution in [0.5, 0.6) is 23.0 Å². The Hall–Kier alpha value is -3.13. The van der Waals surface area contributed by atoms with Crippen LogP contribution in [0.15, 0.2) is 47.4 Å². The van der Waals surface area contributed by atoms with Gasteiger partial charge in [0.05, 0.1) is 32.8 Å². The van der Waals surface area contributed by atoms with Gasteiger partial charge in [-0.05, 0) is 48.2 Å². The molecule has 0 saturated carbocycles. The van der Waals surface area contributed by atoms with Gasteiger partial charge in [0.1, 0.15) is 18.1 Å². The number of thioether (sulfide) groups is 1. The van der Waals surface area contributed by atoms with Crippen LogP contribution >= 0.6 is 11.8 Å².